The second-order valence-corrected chi connectivity index (χ2v) is 8.55. The maximum Gasteiger partial charge on any atom is 0.249 e. The number of aromatic nitrogens is 1. The molecule has 2 amide bonds. The van der Waals surface area contributed by atoms with Gasteiger partial charge in [0.25, 0.3) is 0 Å². The summed E-state index contributed by atoms with van der Waals surface area (Å²) in [5.41, 5.74) is 3.60. The van der Waals surface area contributed by atoms with Gasteiger partial charge in [-0.3, -0.25) is 14.5 Å². The Morgan fingerprint density at radius 1 is 1.06 bits per heavy atom. The van der Waals surface area contributed by atoms with E-state index in [1.54, 1.807) is 9.80 Å². The van der Waals surface area contributed by atoms with Crippen LogP contribution in [0.3, 0.4) is 0 Å². The lowest BCUT2D eigenvalue weighted by Crippen LogP contribution is -2.47. The summed E-state index contributed by atoms with van der Waals surface area (Å²) in [6.07, 6.45) is 3.75. The number of amides is 2. The molecule has 0 fully saturated rings. The maximum absolute atomic E-state index is 13.9. The summed E-state index contributed by atoms with van der Waals surface area (Å²) < 4.78 is 7.16. The standard InChI is InChI=1S/C26H28ClN3O3/c1-3-4-14-28(25(32)18-33-2)17-24(31)30-22-12-6-5-11-21(22)29-15-8-13-23(29)26(30)19-9-7-10-20(27)16-19/h5-13,15-16,26H,3-4,14,17-18H2,1-2H3. The average Bonchev–Trinajstić information content (AvgIpc) is 3.30. The first kappa shape index (κ1) is 23.1. The van der Waals surface area contributed by atoms with Crippen molar-refractivity contribution in [3.63, 3.8) is 0 Å². The number of anilines is 1. The SMILES string of the molecule is CCCCN(CC(=O)N1c2ccccc2-n2cccc2C1c1cccc(Cl)c1)C(=O)COC. The first-order valence-electron chi connectivity index (χ1n) is 11.2. The van der Waals surface area contributed by atoms with Crippen LogP contribution in [-0.2, 0) is 14.3 Å². The Hall–Kier alpha value is -3.09. The minimum atomic E-state index is -0.369. The molecule has 0 spiro atoms. The first-order chi connectivity index (χ1) is 16.0. The van der Waals surface area contributed by atoms with Crippen molar-refractivity contribution in [2.24, 2.45) is 0 Å². The molecule has 0 saturated heterocycles. The van der Waals surface area contributed by atoms with Crippen LogP contribution in [0, 0.1) is 0 Å². The number of rotatable bonds is 8. The fourth-order valence-electron chi connectivity index (χ4n) is 4.35. The third kappa shape index (κ3) is 4.68. The number of methoxy groups -OCH3 is 1. The zero-order valence-corrected chi connectivity index (χ0v) is 19.7. The topological polar surface area (TPSA) is 54.8 Å². The largest absolute Gasteiger partial charge is 0.375 e. The highest BCUT2D eigenvalue weighted by atomic mass is 35.5. The van der Waals surface area contributed by atoms with E-state index in [1.165, 1.54) is 7.11 Å². The number of halogens is 1. The number of hydrogen-bond donors (Lipinski definition) is 0. The molecule has 1 aliphatic heterocycles. The Morgan fingerprint density at radius 3 is 2.58 bits per heavy atom. The van der Waals surface area contributed by atoms with Crippen molar-refractivity contribution in [2.45, 2.75) is 25.8 Å². The summed E-state index contributed by atoms with van der Waals surface area (Å²) in [5.74, 6) is -0.340. The van der Waals surface area contributed by atoms with Crippen LogP contribution in [0.15, 0.2) is 66.9 Å². The predicted octanol–water partition coefficient (Wildman–Crippen LogP) is 4.84. The summed E-state index contributed by atoms with van der Waals surface area (Å²) in [5, 5.41) is 0.608. The molecule has 0 radical (unpaired) electrons. The third-order valence-electron chi connectivity index (χ3n) is 5.88. The lowest BCUT2D eigenvalue weighted by molar-refractivity contribution is -0.138. The molecule has 3 aromatic rings. The molecule has 6 nitrogen and oxygen atoms in total. The molecule has 2 heterocycles. The summed E-state index contributed by atoms with van der Waals surface area (Å²) in [7, 11) is 1.49. The van der Waals surface area contributed by atoms with E-state index >= 15 is 0 Å². The van der Waals surface area contributed by atoms with Gasteiger partial charge in [-0.15, -0.1) is 0 Å². The van der Waals surface area contributed by atoms with Crippen LogP contribution in [0.25, 0.3) is 5.69 Å². The van der Waals surface area contributed by atoms with Crippen molar-refractivity contribution in [1.29, 1.82) is 0 Å². The highest BCUT2D eigenvalue weighted by Gasteiger charge is 2.36. The van der Waals surface area contributed by atoms with Gasteiger partial charge >= 0.3 is 0 Å². The van der Waals surface area contributed by atoms with Gasteiger partial charge in [-0.1, -0.05) is 49.2 Å². The Labute approximate surface area is 199 Å². The van der Waals surface area contributed by atoms with Crippen molar-refractivity contribution < 1.29 is 14.3 Å². The second kappa shape index (κ2) is 10.2. The molecule has 0 bridgehead atoms. The molecule has 1 aromatic heterocycles. The van der Waals surface area contributed by atoms with E-state index in [0.29, 0.717) is 11.6 Å². The van der Waals surface area contributed by atoms with E-state index in [2.05, 4.69) is 11.5 Å². The molecule has 1 unspecified atom stereocenters. The van der Waals surface area contributed by atoms with Crippen LogP contribution in [0.2, 0.25) is 5.02 Å². The van der Waals surface area contributed by atoms with Crippen LogP contribution in [0.5, 0.6) is 0 Å². The highest BCUT2D eigenvalue weighted by molar-refractivity contribution is 6.30. The molecule has 2 aromatic carbocycles. The van der Waals surface area contributed by atoms with Crippen molar-refractivity contribution in [3.05, 3.63) is 83.1 Å². The summed E-state index contributed by atoms with van der Waals surface area (Å²) in [4.78, 5) is 30.0. The molecule has 4 rings (SSSR count). The van der Waals surface area contributed by atoms with Crippen molar-refractivity contribution in [1.82, 2.24) is 9.47 Å². The number of nitrogens with zero attached hydrogens (tertiary/aromatic N) is 3. The molecule has 33 heavy (non-hydrogen) atoms. The van der Waals surface area contributed by atoms with Gasteiger partial charge < -0.3 is 14.2 Å². The third-order valence-corrected chi connectivity index (χ3v) is 6.12. The number of carbonyl (C=O) groups excluding carboxylic acids is 2. The van der Waals surface area contributed by atoms with Crippen LogP contribution < -0.4 is 4.90 Å². The van der Waals surface area contributed by atoms with Crippen LogP contribution in [-0.4, -0.2) is 48.1 Å². The Morgan fingerprint density at radius 2 is 1.85 bits per heavy atom. The minimum absolute atomic E-state index is 0.0195. The Kier molecular flexibility index (Phi) is 7.16. The maximum atomic E-state index is 13.9. The lowest BCUT2D eigenvalue weighted by atomic mass is 9.97. The molecule has 0 aliphatic carbocycles. The van der Waals surface area contributed by atoms with Gasteiger partial charge in [-0.25, -0.2) is 0 Å². The van der Waals surface area contributed by atoms with Crippen LogP contribution >= 0.6 is 11.6 Å². The van der Waals surface area contributed by atoms with Crippen LogP contribution in [0.4, 0.5) is 5.69 Å². The van der Waals surface area contributed by atoms with Gasteiger partial charge in [0.05, 0.1) is 17.1 Å². The Balaban J connectivity index is 1.77. The number of carbonyl (C=O) groups is 2. The second-order valence-electron chi connectivity index (χ2n) is 8.11. The van der Waals surface area contributed by atoms with E-state index in [9.17, 15) is 9.59 Å². The lowest BCUT2D eigenvalue weighted by Gasteiger charge is -2.39. The van der Waals surface area contributed by atoms with Crippen molar-refractivity contribution in [2.75, 3.05) is 31.7 Å². The fourth-order valence-corrected chi connectivity index (χ4v) is 4.55. The van der Waals surface area contributed by atoms with Gasteiger partial charge in [0.1, 0.15) is 19.2 Å². The molecule has 172 valence electrons. The van der Waals surface area contributed by atoms with E-state index in [4.69, 9.17) is 16.3 Å². The molecule has 1 atom stereocenters. The molecule has 0 saturated carbocycles. The van der Waals surface area contributed by atoms with E-state index < -0.39 is 0 Å². The first-order valence-corrected chi connectivity index (χ1v) is 11.5. The van der Waals surface area contributed by atoms with Gasteiger partial charge in [0.15, 0.2) is 0 Å². The number of hydrogen-bond acceptors (Lipinski definition) is 3. The van der Waals surface area contributed by atoms with Gasteiger partial charge in [0, 0.05) is 24.9 Å². The van der Waals surface area contributed by atoms with Crippen molar-refractivity contribution >= 4 is 29.1 Å². The molecule has 7 heteroatoms. The molecule has 1 aliphatic rings. The predicted molar refractivity (Wildman–Crippen MR) is 130 cm³/mol. The fraction of sp³-hybridized carbons (Fsp3) is 0.308. The Bertz CT molecular complexity index is 1140. The van der Waals surface area contributed by atoms with Gasteiger partial charge in [0.2, 0.25) is 11.8 Å². The number of ether oxygens (including phenoxy) is 1. The number of benzene rings is 2. The minimum Gasteiger partial charge on any atom is -0.375 e. The summed E-state index contributed by atoms with van der Waals surface area (Å²) >= 11 is 6.33. The zero-order valence-electron chi connectivity index (χ0n) is 18.9. The van der Waals surface area contributed by atoms with Gasteiger partial charge in [-0.2, -0.15) is 0 Å². The molecule has 0 N–H and O–H groups in total. The number of fused-ring (bicyclic) bond motifs is 3. The average molecular weight is 466 g/mol. The normalized spacial score (nSPS) is 14.5. The van der Waals surface area contributed by atoms with E-state index in [0.717, 1.165) is 35.5 Å². The molecular formula is C26H28ClN3O3. The molecular weight excluding hydrogens is 438 g/mol. The zero-order chi connectivity index (χ0) is 23.4. The summed E-state index contributed by atoms with van der Waals surface area (Å²) in [6, 6.07) is 19.0. The monoisotopic (exact) mass is 465 g/mol. The number of para-hydroxylation sites is 2. The smallest absolute Gasteiger partial charge is 0.249 e. The highest BCUT2D eigenvalue weighted by Crippen LogP contribution is 2.42. The number of unbranched alkanes of at least 4 members (excludes halogenated alkanes) is 1. The quantitative estimate of drug-likeness (QED) is 0.478. The van der Waals surface area contributed by atoms with E-state index in [1.807, 2.05) is 66.9 Å². The van der Waals surface area contributed by atoms with E-state index in [-0.39, 0.29) is 31.0 Å². The van der Waals surface area contributed by atoms with Crippen LogP contribution in [0.1, 0.15) is 37.1 Å². The summed E-state index contributed by atoms with van der Waals surface area (Å²) in [6.45, 7) is 2.51. The van der Waals surface area contributed by atoms with Gasteiger partial charge in [-0.05, 0) is 48.4 Å². The van der Waals surface area contributed by atoms with Crippen molar-refractivity contribution in [3.8, 4) is 5.69 Å².